The Balaban J connectivity index is 3.15. The number of hydrogen-bond acceptors (Lipinski definition) is 2. The summed E-state index contributed by atoms with van der Waals surface area (Å²) in [4.78, 5) is 2.22. The van der Waals surface area contributed by atoms with Gasteiger partial charge < -0.3 is 10.2 Å². The van der Waals surface area contributed by atoms with Gasteiger partial charge in [0, 0.05) is 19.1 Å². The van der Waals surface area contributed by atoms with E-state index in [2.05, 4.69) is 38.2 Å². The molecule has 0 saturated heterocycles. The monoisotopic (exact) mass is 200 g/mol. The molecular formula is C12H28N2. The second-order valence-corrected chi connectivity index (χ2v) is 4.51. The van der Waals surface area contributed by atoms with E-state index in [9.17, 15) is 0 Å². The molecule has 0 amide bonds. The van der Waals surface area contributed by atoms with Crippen molar-refractivity contribution in [3.05, 3.63) is 0 Å². The van der Waals surface area contributed by atoms with Crippen molar-refractivity contribution in [3.8, 4) is 0 Å². The number of nitrogens with zero attached hydrogens (tertiary/aromatic N) is 1. The molecule has 0 radical (unpaired) electrons. The standard InChI is InChI=1S/C12H28N2/c1-5-6-7-8-9-12(2)13-10-11-14(3)4/h12-13H,5-11H2,1-4H3. The zero-order chi connectivity index (χ0) is 10.8. The molecule has 0 aliphatic heterocycles. The molecule has 2 nitrogen and oxygen atoms in total. The SMILES string of the molecule is CCCCCCC(C)NCCN(C)C. The zero-order valence-corrected chi connectivity index (χ0v) is 10.5. The molecule has 0 fully saturated rings. The van der Waals surface area contributed by atoms with Crippen molar-refractivity contribution >= 4 is 0 Å². The molecule has 0 aliphatic rings. The first-order valence-corrected chi connectivity index (χ1v) is 6.05. The first-order chi connectivity index (χ1) is 6.66. The minimum Gasteiger partial charge on any atom is -0.313 e. The molecule has 1 unspecified atom stereocenters. The van der Waals surface area contributed by atoms with Crippen LogP contribution < -0.4 is 5.32 Å². The molecule has 0 spiro atoms. The van der Waals surface area contributed by atoms with Gasteiger partial charge in [0.05, 0.1) is 0 Å². The lowest BCUT2D eigenvalue weighted by atomic mass is 10.1. The molecule has 86 valence electrons. The van der Waals surface area contributed by atoms with Crippen LogP contribution in [-0.4, -0.2) is 38.1 Å². The Kier molecular flexibility index (Phi) is 9.42. The third-order valence-electron chi connectivity index (χ3n) is 2.54. The van der Waals surface area contributed by atoms with E-state index in [1.165, 1.54) is 32.1 Å². The van der Waals surface area contributed by atoms with Crippen LogP contribution in [0.1, 0.15) is 46.0 Å². The molecule has 1 N–H and O–H groups in total. The smallest absolute Gasteiger partial charge is 0.0101 e. The fourth-order valence-corrected chi connectivity index (χ4v) is 1.51. The van der Waals surface area contributed by atoms with Crippen LogP contribution in [-0.2, 0) is 0 Å². The summed E-state index contributed by atoms with van der Waals surface area (Å²) < 4.78 is 0. The molecule has 0 heterocycles. The first kappa shape index (κ1) is 13.9. The quantitative estimate of drug-likeness (QED) is 0.575. The summed E-state index contributed by atoms with van der Waals surface area (Å²) in [6, 6.07) is 0.687. The second kappa shape index (κ2) is 9.47. The predicted octanol–water partition coefficient (Wildman–Crippen LogP) is 2.50. The van der Waals surface area contributed by atoms with Crippen LogP contribution in [0.5, 0.6) is 0 Å². The normalized spacial score (nSPS) is 13.5. The lowest BCUT2D eigenvalue weighted by molar-refractivity contribution is 0.380. The second-order valence-electron chi connectivity index (χ2n) is 4.51. The van der Waals surface area contributed by atoms with Gasteiger partial charge in [-0.2, -0.15) is 0 Å². The van der Waals surface area contributed by atoms with E-state index in [-0.39, 0.29) is 0 Å². The van der Waals surface area contributed by atoms with Gasteiger partial charge in [0.25, 0.3) is 0 Å². The molecule has 0 aromatic rings. The van der Waals surface area contributed by atoms with Gasteiger partial charge in [0.15, 0.2) is 0 Å². The highest BCUT2D eigenvalue weighted by Crippen LogP contribution is 2.04. The summed E-state index contributed by atoms with van der Waals surface area (Å²) >= 11 is 0. The number of unbranched alkanes of at least 4 members (excludes halogenated alkanes) is 3. The Labute approximate surface area is 90.1 Å². The van der Waals surface area contributed by atoms with Gasteiger partial charge in [-0.3, -0.25) is 0 Å². The van der Waals surface area contributed by atoms with E-state index in [4.69, 9.17) is 0 Å². The van der Waals surface area contributed by atoms with Crippen LogP contribution in [0.4, 0.5) is 0 Å². The molecule has 14 heavy (non-hydrogen) atoms. The van der Waals surface area contributed by atoms with Crippen molar-refractivity contribution in [2.75, 3.05) is 27.2 Å². The van der Waals surface area contributed by atoms with Crippen LogP contribution in [0.2, 0.25) is 0 Å². The predicted molar refractivity (Wildman–Crippen MR) is 64.8 cm³/mol. The van der Waals surface area contributed by atoms with Gasteiger partial charge in [-0.25, -0.2) is 0 Å². The van der Waals surface area contributed by atoms with Crippen LogP contribution in [0.25, 0.3) is 0 Å². The average Bonchev–Trinajstić information content (AvgIpc) is 2.12. The summed E-state index contributed by atoms with van der Waals surface area (Å²) in [6.45, 7) is 6.81. The van der Waals surface area contributed by atoms with Crippen molar-refractivity contribution in [1.29, 1.82) is 0 Å². The first-order valence-electron chi connectivity index (χ1n) is 6.05. The lowest BCUT2D eigenvalue weighted by Crippen LogP contribution is -2.32. The maximum Gasteiger partial charge on any atom is 0.0101 e. The maximum absolute atomic E-state index is 3.55. The topological polar surface area (TPSA) is 15.3 Å². The summed E-state index contributed by atoms with van der Waals surface area (Å²) in [5, 5.41) is 3.55. The van der Waals surface area contributed by atoms with Crippen molar-refractivity contribution < 1.29 is 0 Å². The van der Waals surface area contributed by atoms with E-state index in [1.54, 1.807) is 0 Å². The number of nitrogens with one attached hydrogen (secondary N) is 1. The Morgan fingerprint density at radius 3 is 2.43 bits per heavy atom. The lowest BCUT2D eigenvalue weighted by Gasteiger charge is -2.15. The molecular weight excluding hydrogens is 172 g/mol. The molecule has 0 rings (SSSR count). The molecule has 0 aromatic heterocycles. The number of hydrogen-bond donors (Lipinski definition) is 1. The Morgan fingerprint density at radius 2 is 1.86 bits per heavy atom. The highest BCUT2D eigenvalue weighted by atomic mass is 15.1. The van der Waals surface area contributed by atoms with Crippen molar-refractivity contribution in [2.45, 2.75) is 52.0 Å². The maximum atomic E-state index is 3.55. The van der Waals surface area contributed by atoms with Gasteiger partial charge in [-0.05, 0) is 27.4 Å². The highest BCUT2D eigenvalue weighted by Gasteiger charge is 2.00. The Hall–Kier alpha value is -0.0800. The Bertz CT molecular complexity index is 113. The van der Waals surface area contributed by atoms with Crippen LogP contribution >= 0.6 is 0 Å². The largest absolute Gasteiger partial charge is 0.313 e. The molecule has 0 bridgehead atoms. The summed E-state index contributed by atoms with van der Waals surface area (Å²) in [5.41, 5.74) is 0. The van der Waals surface area contributed by atoms with Gasteiger partial charge >= 0.3 is 0 Å². The fraction of sp³-hybridized carbons (Fsp3) is 1.00. The van der Waals surface area contributed by atoms with E-state index in [0.29, 0.717) is 6.04 Å². The van der Waals surface area contributed by atoms with Crippen LogP contribution in [0.3, 0.4) is 0 Å². The number of rotatable bonds is 9. The van der Waals surface area contributed by atoms with E-state index < -0.39 is 0 Å². The molecule has 0 saturated carbocycles. The minimum atomic E-state index is 0.687. The molecule has 2 heteroatoms. The molecule has 1 atom stereocenters. The van der Waals surface area contributed by atoms with Crippen LogP contribution in [0.15, 0.2) is 0 Å². The molecule has 0 aromatic carbocycles. The van der Waals surface area contributed by atoms with E-state index >= 15 is 0 Å². The van der Waals surface area contributed by atoms with E-state index in [1.807, 2.05) is 0 Å². The number of likely N-dealkylation sites (N-methyl/N-ethyl adjacent to an activating group) is 1. The van der Waals surface area contributed by atoms with Crippen LogP contribution in [0, 0.1) is 0 Å². The van der Waals surface area contributed by atoms with E-state index in [0.717, 1.165) is 13.1 Å². The van der Waals surface area contributed by atoms with Crippen molar-refractivity contribution in [3.63, 3.8) is 0 Å². The zero-order valence-electron chi connectivity index (χ0n) is 10.5. The van der Waals surface area contributed by atoms with Crippen molar-refractivity contribution in [2.24, 2.45) is 0 Å². The van der Waals surface area contributed by atoms with Gasteiger partial charge in [0.2, 0.25) is 0 Å². The van der Waals surface area contributed by atoms with Crippen molar-refractivity contribution in [1.82, 2.24) is 10.2 Å². The fourth-order valence-electron chi connectivity index (χ4n) is 1.51. The summed E-state index contributed by atoms with van der Waals surface area (Å²) in [6.07, 6.45) is 6.83. The van der Waals surface area contributed by atoms with Gasteiger partial charge in [-0.15, -0.1) is 0 Å². The van der Waals surface area contributed by atoms with Gasteiger partial charge in [-0.1, -0.05) is 32.6 Å². The van der Waals surface area contributed by atoms with Gasteiger partial charge in [0.1, 0.15) is 0 Å². The summed E-state index contributed by atoms with van der Waals surface area (Å²) in [5.74, 6) is 0. The molecule has 0 aliphatic carbocycles. The third-order valence-corrected chi connectivity index (χ3v) is 2.54. The highest BCUT2D eigenvalue weighted by molar-refractivity contribution is 4.61. The Morgan fingerprint density at radius 1 is 1.14 bits per heavy atom. The third kappa shape index (κ3) is 10.0. The minimum absolute atomic E-state index is 0.687. The average molecular weight is 200 g/mol. The summed E-state index contributed by atoms with van der Waals surface area (Å²) in [7, 11) is 4.24.